The Hall–Kier alpha value is -3.94. The number of fused-ring (bicyclic) bond motifs is 1. The first-order valence-corrected chi connectivity index (χ1v) is 12.0. The minimum atomic E-state index is -1.19. The van der Waals surface area contributed by atoms with Gasteiger partial charge in [0.15, 0.2) is 11.5 Å². The molecule has 0 aromatic heterocycles. The molecule has 37 heavy (non-hydrogen) atoms. The maximum absolute atomic E-state index is 14.3. The molecule has 1 amide bonds. The number of carbonyl (C=O) groups excluding carboxylic acids is 1. The molecule has 190 valence electrons. The van der Waals surface area contributed by atoms with Gasteiger partial charge in [0.2, 0.25) is 5.91 Å². The molecule has 0 unspecified atom stereocenters. The molecule has 0 bridgehead atoms. The first kappa shape index (κ1) is 24.7. The number of benzene rings is 2. The number of allylic oxidation sites excluding steroid dienone is 7. The highest BCUT2D eigenvalue weighted by Gasteiger charge is 2.49. The van der Waals surface area contributed by atoms with Crippen LogP contribution in [0.5, 0.6) is 0 Å². The predicted octanol–water partition coefficient (Wildman–Crippen LogP) is 5.06. The van der Waals surface area contributed by atoms with Crippen molar-refractivity contribution in [2.45, 2.75) is 19.3 Å². The van der Waals surface area contributed by atoms with Gasteiger partial charge in [0.25, 0.3) is 5.79 Å². The molecule has 1 saturated heterocycles. The number of carbonyl (C=O) groups is 1. The Morgan fingerprint density at radius 3 is 2.35 bits per heavy atom. The van der Waals surface area contributed by atoms with E-state index in [0.29, 0.717) is 42.4 Å². The van der Waals surface area contributed by atoms with Crippen LogP contribution in [-0.2, 0) is 30.3 Å². The second-order valence-electron chi connectivity index (χ2n) is 8.87. The number of halogens is 1. The van der Waals surface area contributed by atoms with Crippen molar-refractivity contribution in [1.82, 2.24) is 5.32 Å². The highest BCUT2D eigenvalue weighted by atomic mass is 19.1. The number of hydrogen-bond acceptors (Lipinski definition) is 5. The van der Waals surface area contributed by atoms with E-state index in [4.69, 9.17) is 18.9 Å². The van der Waals surface area contributed by atoms with Crippen molar-refractivity contribution in [1.29, 1.82) is 0 Å². The van der Waals surface area contributed by atoms with Gasteiger partial charge in [0.1, 0.15) is 5.82 Å². The number of ether oxygens (including phenoxy) is 4. The molecule has 1 aliphatic heterocycles. The van der Waals surface area contributed by atoms with Crippen LogP contribution in [0.15, 0.2) is 95.5 Å². The fourth-order valence-electron chi connectivity index (χ4n) is 4.85. The number of methoxy groups -OCH3 is 2. The lowest BCUT2D eigenvalue weighted by Crippen LogP contribution is -2.38. The van der Waals surface area contributed by atoms with Crippen LogP contribution in [0.3, 0.4) is 0 Å². The normalized spacial score (nSPS) is 19.0. The van der Waals surface area contributed by atoms with Crippen LogP contribution in [0.1, 0.15) is 23.6 Å². The van der Waals surface area contributed by atoms with E-state index in [2.05, 4.69) is 5.32 Å². The maximum Gasteiger partial charge on any atom is 0.288 e. The van der Waals surface area contributed by atoms with E-state index in [-0.39, 0.29) is 11.7 Å². The summed E-state index contributed by atoms with van der Waals surface area (Å²) in [5.74, 6) is -0.859. The molecular weight excluding hydrogens is 473 g/mol. The zero-order valence-electron chi connectivity index (χ0n) is 21.0. The summed E-state index contributed by atoms with van der Waals surface area (Å²) in [6.45, 7) is 3.17. The number of hydrogen-bond donors (Lipinski definition) is 1. The lowest BCUT2D eigenvalue weighted by Gasteiger charge is -2.32. The molecule has 5 rings (SSSR count). The van der Waals surface area contributed by atoms with Crippen LogP contribution in [0.25, 0.3) is 11.1 Å². The third-order valence-electron chi connectivity index (χ3n) is 6.64. The van der Waals surface area contributed by atoms with Crippen molar-refractivity contribution >= 4 is 17.1 Å². The molecule has 7 heteroatoms. The van der Waals surface area contributed by atoms with Gasteiger partial charge in [-0.2, -0.15) is 0 Å². The van der Waals surface area contributed by atoms with Gasteiger partial charge in [0.05, 0.1) is 27.4 Å². The first-order chi connectivity index (χ1) is 17.9. The van der Waals surface area contributed by atoms with Crippen molar-refractivity contribution in [3.05, 3.63) is 118 Å². The summed E-state index contributed by atoms with van der Waals surface area (Å²) < 4.78 is 37.3. The standard InChI is InChI=1S/C30H28FNO5/c1-19-24(13-21-14-27(34-2)30(28(15-21)35-3)36-11-12-37-30)23-10-9-22(31)16-26(23)25(19)17-29(33)32-18-20-7-5-4-6-8-20/h4-10,13-17H,11-12,18H2,1-3H3,(H,32,33). The van der Waals surface area contributed by atoms with Gasteiger partial charge >= 0.3 is 0 Å². The van der Waals surface area contributed by atoms with E-state index in [9.17, 15) is 9.18 Å². The summed E-state index contributed by atoms with van der Waals surface area (Å²) in [7, 11) is 3.11. The summed E-state index contributed by atoms with van der Waals surface area (Å²) in [5.41, 5.74) is 5.69. The predicted molar refractivity (Wildman–Crippen MR) is 138 cm³/mol. The topological polar surface area (TPSA) is 66.0 Å². The summed E-state index contributed by atoms with van der Waals surface area (Å²) in [5, 5.41) is 2.92. The fourth-order valence-corrected chi connectivity index (χ4v) is 4.85. The fraction of sp³-hybridized carbons (Fsp3) is 0.233. The van der Waals surface area contributed by atoms with Crippen molar-refractivity contribution in [2.24, 2.45) is 0 Å². The van der Waals surface area contributed by atoms with Crippen LogP contribution in [-0.4, -0.2) is 39.1 Å². The summed E-state index contributed by atoms with van der Waals surface area (Å²) in [4.78, 5) is 12.8. The molecule has 0 saturated carbocycles. The van der Waals surface area contributed by atoms with Gasteiger partial charge in [-0.05, 0) is 76.3 Å². The average molecular weight is 502 g/mol. The highest BCUT2D eigenvalue weighted by Crippen LogP contribution is 2.45. The van der Waals surface area contributed by atoms with Crippen LogP contribution >= 0.6 is 0 Å². The van der Waals surface area contributed by atoms with Crippen LogP contribution in [0, 0.1) is 5.82 Å². The van der Waals surface area contributed by atoms with Gasteiger partial charge in [0, 0.05) is 12.6 Å². The Morgan fingerprint density at radius 1 is 1.03 bits per heavy atom. The molecule has 2 aromatic carbocycles. The second kappa shape index (κ2) is 10.2. The molecular formula is C30H28FNO5. The Bertz CT molecular complexity index is 1350. The van der Waals surface area contributed by atoms with E-state index in [1.54, 1.807) is 20.3 Å². The van der Waals surface area contributed by atoms with E-state index in [1.807, 2.05) is 55.5 Å². The minimum Gasteiger partial charge on any atom is -0.495 e. The van der Waals surface area contributed by atoms with E-state index in [1.165, 1.54) is 18.2 Å². The SMILES string of the molecule is COC1=CC(=CC2=C(C)C(=CC(=O)NCc3ccccc3)c3cc(F)ccc32)C=C(OC)C12OCCO2. The van der Waals surface area contributed by atoms with E-state index in [0.717, 1.165) is 27.8 Å². The lowest BCUT2D eigenvalue weighted by molar-refractivity contribution is -0.150. The molecule has 1 heterocycles. The van der Waals surface area contributed by atoms with Crippen molar-refractivity contribution in [3.8, 4) is 0 Å². The van der Waals surface area contributed by atoms with Crippen molar-refractivity contribution in [3.63, 3.8) is 0 Å². The molecule has 1 spiro atoms. The number of nitrogens with one attached hydrogen (secondary N) is 1. The quantitative estimate of drug-likeness (QED) is 0.561. The number of rotatable bonds is 6. The van der Waals surface area contributed by atoms with Gasteiger partial charge in [-0.1, -0.05) is 36.4 Å². The maximum atomic E-state index is 14.3. The van der Waals surface area contributed by atoms with Gasteiger partial charge in [-0.25, -0.2) is 4.39 Å². The smallest absolute Gasteiger partial charge is 0.288 e. The molecule has 3 aliphatic rings. The minimum absolute atomic E-state index is 0.249. The molecule has 1 fully saturated rings. The number of amides is 1. The Labute approximate surface area is 215 Å². The zero-order chi connectivity index (χ0) is 26.0. The molecule has 6 nitrogen and oxygen atoms in total. The summed E-state index contributed by atoms with van der Waals surface area (Å²) in [6.07, 6.45) is 7.18. The second-order valence-corrected chi connectivity index (χ2v) is 8.87. The van der Waals surface area contributed by atoms with E-state index < -0.39 is 5.79 Å². The molecule has 1 N–H and O–H groups in total. The average Bonchev–Trinajstić information content (AvgIpc) is 3.49. The monoisotopic (exact) mass is 501 g/mol. The third-order valence-corrected chi connectivity index (χ3v) is 6.64. The zero-order valence-corrected chi connectivity index (χ0v) is 21.0. The third kappa shape index (κ3) is 4.63. The summed E-state index contributed by atoms with van der Waals surface area (Å²) >= 11 is 0. The van der Waals surface area contributed by atoms with Gasteiger partial charge in [-0.3, -0.25) is 4.79 Å². The molecule has 0 radical (unpaired) electrons. The molecule has 2 aliphatic carbocycles. The van der Waals surface area contributed by atoms with Crippen LogP contribution < -0.4 is 5.32 Å². The van der Waals surface area contributed by atoms with Gasteiger partial charge in [-0.15, -0.1) is 0 Å². The lowest BCUT2D eigenvalue weighted by atomic mass is 9.96. The van der Waals surface area contributed by atoms with Crippen molar-refractivity contribution < 1.29 is 28.1 Å². The van der Waals surface area contributed by atoms with Crippen LogP contribution in [0.4, 0.5) is 4.39 Å². The first-order valence-electron chi connectivity index (χ1n) is 12.0. The van der Waals surface area contributed by atoms with Crippen molar-refractivity contribution in [2.75, 3.05) is 27.4 Å². The summed E-state index contributed by atoms with van der Waals surface area (Å²) in [6, 6.07) is 14.3. The van der Waals surface area contributed by atoms with E-state index >= 15 is 0 Å². The molecule has 0 atom stereocenters. The highest BCUT2D eigenvalue weighted by molar-refractivity contribution is 6.08. The van der Waals surface area contributed by atoms with Gasteiger partial charge < -0.3 is 24.3 Å². The molecule has 2 aromatic rings. The Balaban J connectivity index is 1.52. The Kier molecular flexibility index (Phi) is 6.82. The largest absolute Gasteiger partial charge is 0.495 e. The van der Waals surface area contributed by atoms with Crippen LogP contribution in [0.2, 0.25) is 0 Å². The Morgan fingerprint density at radius 2 is 1.70 bits per heavy atom.